The predicted molar refractivity (Wildman–Crippen MR) is 64.6 cm³/mol. The molecule has 0 saturated carbocycles. The summed E-state index contributed by atoms with van der Waals surface area (Å²) < 4.78 is 0. The summed E-state index contributed by atoms with van der Waals surface area (Å²) >= 11 is 0. The Morgan fingerprint density at radius 3 is 2.67 bits per heavy atom. The summed E-state index contributed by atoms with van der Waals surface area (Å²) in [7, 11) is 0. The van der Waals surface area contributed by atoms with Gasteiger partial charge >= 0.3 is 0 Å². The van der Waals surface area contributed by atoms with E-state index in [1.165, 1.54) is 5.57 Å². The van der Waals surface area contributed by atoms with Crippen molar-refractivity contribution < 1.29 is 4.79 Å². The quantitative estimate of drug-likeness (QED) is 0.505. The molecule has 0 N–H and O–H groups in total. The van der Waals surface area contributed by atoms with Crippen molar-refractivity contribution in [3.05, 3.63) is 23.8 Å². The van der Waals surface area contributed by atoms with Gasteiger partial charge in [0.05, 0.1) is 0 Å². The van der Waals surface area contributed by atoms with Crippen LogP contribution in [-0.2, 0) is 4.79 Å². The molecule has 0 heterocycles. The highest BCUT2D eigenvalue weighted by atomic mass is 16.1. The van der Waals surface area contributed by atoms with Crippen molar-refractivity contribution >= 4 is 6.29 Å². The predicted octanol–water partition coefficient (Wildman–Crippen LogP) is 3.76. The number of rotatable bonds is 4. The second-order valence-electron chi connectivity index (χ2n) is 5.04. The van der Waals surface area contributed by atoms with Gasteiger partial charge in [-0.3, -0.25) is 0 Å². The third-order valence-electron chi connectivity index (χ3n) is 3.86. The summed E-state index contributed by atoms with van der Waals surface area (Å²) in [5.41, 5.74) is 1.73. The van der Waals surface area contributed by atoms with E-state index >= 15 is 0 Å². The van der Waals surface area contributed by atoms with Gasteiger partial charge < -0.3 is 4.79 Å². The van der Waals surface area contributed by atoms with Gasteiger partial charge in [0.25, 0.3) is 0 Å². The molecule has 84 valence electrons. The van der Waals surface area contributed by atoms with Crippen molar-refractivity contribution in [2.45, 2.75) is 40.5 Å². The molecule has 0 aliphatic heterocycles. The molecule has 0 saturated heterocycles. The Labute approximate surface area is 93.3 Å². The van der Waals surface area contributed by atoms with E-state index in [-0.39, 0.29) is 11.3 Å². The molecule has 0 aromatic heterocycles. The van der Waals surface area contributed by atoms with Crippen molar-refractivity contribution in [2.75, 3.05) is 0 Å². The molecule has 0 spiro atoms. The fourth-order valence-corrected chi connectivity index (χ4v) is 2.03. The Morgan fingerprint density at radius 1 is 1.60 bits per heavy atom. The highest BCUT2D eigenvalue weighted by Crippen LogP contribution is 2.43. The molecule has 0 radical (unpaired) electrons. The second kappa shape index (κ2) is 4.78. The molecule has 1 heteroatoms. The van der Waals surface area contributed by atoms with Crippen LogP contribution in [0.2, 0.25) is 0 Å². The fraction of sp³-hybridized carbons (Fsp3) is 0.643. The standard InChI is InChI=1S/C14H22O/c1-5-12(10-15)7-9-13-8-6-11(2)14(13,3)4/h6-7,9-10,12-13H,5,8H2,1-4H3. The van der Waals surface area contributed by atoms with Gasteiger partial charge in [-0.25, -0.2) is 0 Å². The number of allylic oxidation sites excluding steroid dienone is 4. The topological polar surface area (TPSA) is 17.1 Å². The van der Waals surface area contributed by atoms with Gasteiger partial charge in [0.1, 0.15) is 6.29 Å². The Morgan fingerprint density at radius 2 is 2.27 bits per heavy atom. The number of hydrogen-bond donors (Lipinski definition) is 0. The van der Waals surface area contributed by atoms with Crippen LogP contribution in [0.4, 0.5) is 0 Å². The minimum absolute atomic E-state index is 0.0988. The lowest BCUT2D eigenvalue weighted by Gasteiger charge is -2.27. The maximum Gasteiger partial charge on any atom is 0.126 e. The van der Waals surface area contributed by atoms with E-state index in [0.717, 1.165) is 19.1 Å². The van der Waals surface area contributed by atoms with Crippen molar-refractivity contribution in [3.8, 4) is 0 Å². The molecule has 1 aliphatic rings. The summed E-state index contributed by atoms with van der Waals surface area (Å²) in [4.78, 5) is 10.7. The first kappa shape index (κ1) is 12.2. The van der Waals surface area contributed by atoms with Gasteiger partial charge in [-0.2, -0.15) is 0 Å². The average Bonchev–Trinajstić information content (AvgIpc) is 2.45. The third kappa shape index (κ3) is 2.58. The van der Waals surface area contributed by atoms with E-state index in [9.17, 15) is 4.79 Å². The molecule has 1 aliphatic carbocycles. The largest absolute Gasteiger partial charge is 0.303 e. The zero-order valence-electron chi connectivity index (χ0n) is 10.3. The first-order valence-corrected chi connectivity index (χ1v) is 5.83. The molecule has 0 fully saturated rings. The van der Waals surface area contributed by atoms with Gasteiger partial charge in [0.15, 0.2) is 0 Å². The highest BCUT2D eigenvalue weighted by Gasteiger charge is 2.32. The minimum Gasteiger partial charge on any atom is -0.303 e. The van der Waals surface area contributed by atoms with Gasteiger partial charge in [-0.05, 0) is 31.1 Å². The van der Waals surface area contributed by atoms with E-state index in [4.69, 9.17) is 0 Å². The number of aldehydes is 1. The molecular formula is C14H22O. The van der Waals surface area contributed by atoms with Crippen molar-refractivity contribution in [1.82, 2.24) is 0 Å². The van der Waals surface area contributed by atoms with Crippen LogP contribution < -0.4 is 0 Å². The SMILES string of the molecule is CCC(C=O)C=CC1CC=C(C)C1(C)C. The highest BCUT2D eigenvalue weighted by molar-refractivity contribution is 5.56. The fourth-order valence-electron chi connectivity index (χ4n) is 2.03. The lowest BCUT2D eigenvalue weighted by Crippen LogP contribution is -2.18. The number of carbonyl (C=O) groups is 1. The summed E-state index contributed by atoms with van der Waals surface area (Å²) in [6.45, 7) is 8.81. The molecular weight excluding hydrogens is 184 g/mol. The molecule has 1 rings (SSSR count). The van der Waals surface area contributed by atoms with Crippen molar-refractivity contribution in [2.24, 2.45) is 17.3 Å². The van der Waals surface area contributed by atoms with Crippen LogP contribution >= 0.6 is 0 Å². The molecule has 2 atom stereocenters. The second-order valence-corrected chi connectivity index (χ2v) is 5.04. The average molecular weight is 206 g/mol. The zero-order valence-corrected chi connectivity index (χ0v) is 10.3. The number of hydrogen-bond acceptors (Lipinski definition) is 1. The van der Waals surface area contributed by atoms with Crippen LogP contribution in [0.25, 0.3) is 0 Å². The molecule has 0 amide bonds. The Hall–Kier alpha value is -0.850. The van der Waals surface area contributed by atoms with Crippen LogP contribution in [0.1, 0.15) is 40.5 Å². The van der Waals surface area contributed by atoms with E-state index in [2.05, 4.69) is 39.0 Å². The smallest absolute Gasteiger partial charge is 0.126 e. The van der Waals surface area contributed by atoms with Gasteiger partial charge in [0.2, 0.25) is 0 Å². The minimum atomic E-state index is 0.0988. The van der Waals surface area contributed by atoms with Crippen LogP contribution in [0, 0.1) is 17.3 Å². The van der Waals surface area contributed by atoms with Crippen LogP contribution in [-0.4, -0.2) is 6.29 Å². The normalized spacial score (nSPS) is 26.7. The van der Waals surface area contributed by atoms with Crippen molar-refractivity contribution in [1.29, 1.82) is 0 Å². The van der Waals surface area contributed by atoms with E-state index < -0.39 is 0 Å². The Kier molecular flexibility index (Phi) is 3.90. The van der Waals surface area contributed by atoms with Crippen LogP contribution in [0.5, 0.6) is 0 Å². The Balaban J connectivity index is 2.65. The van der Waals surface area contributed by atoms with Gasteiger partial charge in [0, 0.05) is 5.92 Å². The monoisotopic (exact) mass is 206 g/mol. The van der Waals surface area contributed by atoms with Gasteiger partial charge in [-0.15, -0.1) is 0 Å². The van der Waals surface area contributed by atoms with Crippen LogP contribution in [0.3, 0.4) is 0 Å². The first-order chi connectivity index (χ1) is 7.02. The molecule has 0 aromatic rings. The lowest BCUT2D eigenvalue weighted by molar-refractivity contribution is -0.109. The summed E-state index contributed by atoms with van der Waals surface area (Å²) in [6, 6.07) is 0. The van der Waals surface area contributed by atoms with E-state index in [1.807, 2.05) is 6.92 Å². The van der Waals surface area contributed by atoms with E-state index in [1.54, 1.807) is 0 Å². The molecule has 1 nitrogen and oxygen atoms in total. The van der Waals surface area contributed by atoms with Gasteiger partial charge in [-0.1, -0.05) is 44.6 Å². The maximum absolute atomic E-state index is 10.7. The number of carbonyl (C=O) groups excluding carboxylic acids is 1. The molecule has 0 aromatic carbocycles. The molecule has 0 bridgehead atoms. The Bertz CT molecular complexity index is 284. The summed E-state index contributed by atoms with van der Waals surface area (Å²) in [5, 5.41) is 0. The molecule has 2 unspecified atom stereocenters. The maximum atomic E-state index is 10.7. The third-order valence-corrected chi connectivity index (χ3v) is 3.86. The summed E-state index contributed by atoms with van der Waals surface area (Å²) in [5.74, 6) is 0.660. The van der Waals surface area contributed by atoms with Crippen LogP contribution in [0.15, 0.2) is 23.8 Å². The summed E-state index contributed by atoms with van der Waals surface area (Å²) in [6.07, 6.45) is 9.68. The molecule has 15 heavy (non-hydrogen) atoms. The zero-order chi connectivity index (χ0) is 11.5. The van der Waals surface area contributed by atoms with E-state index in [0.29, 0.717) is 5.92 Å². The first-order valence-electron chi connectivity index (χ1n) is 5.83. The van der Waals surface area contributed by atoms with Crippen molar-refractivity contribution in [3.63, 3.8) is 0 Å². The lowest BCUT2D eigenvalue weighted by atomic mass is 9.77.